The predicted molar refractivity (Wildman–Crippen MR) is 65.4 cm³/mol. The molecule has 0 amide bonds. The molecule has 1 aromatic carbocycles. The molecule has 2 rings (SSSR count). The Balaban J connectivity index is 2.10. The zero-order chi connectivity index (χ0) is 12.5. The molecule has 0 bridgehead atoms. The summed E-state index contributed by atoms with van der Waals surface area (Å²) in [4.78, 5) is 0. The largest absolute Gasteiger partial charge is 0.315 e. The summed E-state index contributed by atoms with van der Waals surface area (Å²) >= 11 is 0. The van der Waals surface area contributed by atoms with E-state index in [9.17, 15) is 8.78 Å². The van der Waals surface area contributed by atoms with Crippen LogP contribution in [0, 0.1) is 5.92 Å². The van der Waals surface area contributed by atoms with E-state index in [1.54, 1.807) is 12.1 Å². The maximum absolute atomic E-state index is 13.8. The second kappa shape index (κ2) is 4.73. The van der Waals surface area contributed by atoms with Gasteiger partial charge in [0.2, 0.25) is 0 Å². The lowest BCUT2D eigenvalue weighted by molar-refractivity contribution is -0.0249. The Kier molecular flexibility index (Phi) is 3.48. The molecule has 0 aliphatic carbocycles. The number of halogens is 2. The van der Waals surface area contributed by atoms with Crippen LogP contribution in [0.25, 0.3) is 0 Å². The average molecular weight is 239 g/mol. The first kappa shape index (κ1) is 12.5. The van der Waals surface area contributed by atoms with Gasteiger partial charge in [-0.1, -0.05) is 38.1 Å². The molecule has 0 saturated carbocycles. The highest BCUT2D eigenvalue weighted by molar-refractivity contribution is 5.29. The molecule has 1 heterocycles. The number of benzene rings is 1. The molecule has 0 aromatic heterocycles. The molecule has 1 aliphatic heterocycles. The quantitative estimate of drug-likeness (QED) is 0.847. The fourth-order valence-corrected chi connectivity index (χ4v) is 2.15. The number of hydrogen-bond donors (Lipinski definition) is 1. The third-order valence-electron chi connectivity index (χ3n) is 3.25. The molecule has 1 nitrogen and oxygen atoms in total. The van der Waals surface area contributed by atoms with Gasteiger partial charge >= 0.3 is 0 Å². The van der Waals surface area contributed by atoms with E-state index >= 15 is 0 Å². The fourth-order valence-electron chi connectivity index (χ4n) is 2.15. The minimum absolute atomic E-state index is 0.000471. The standard InChI is InChI=1S/C14H19F2N/c1-10(2)7-14(15,16)13-5-3-11(4-6-13)12-8-17-9-12/h3-6,10,12,17H,7-9H2,1-2H3. The molecule has 0 radical (unpaired) electrons. The van der Waals surface area contributed by atoms with E-state index in [0.717, 1.165) is 18.7 Å². The molecule has 1 aromatic rings. The lowest BCUT2D eigenvalue weighted by Crippen LogP contribution is -2.39. The van der Waals surface area contributed by atoms with Crippen molar-refractivity contribution in [3.63, 3.8) is 0 Å². The van der Waals surface area contributed by atoms with Crippen LogP contribution in [0.4, 0.5) is 8.78 Å². The lowest BCUT2D eigenvalue weighted by Gasteiger charge is -2.28. The number of nitrogens with one attached hydrogen (secondary N) is 1. The van der Waals surface area contributed by atoms with E-state index in [1.807, 2.05) is 26.0 Å². The molecule has 0 spiro atoms. The summed E-state index contributed by atoms with van der Waals surface area (Å²) in [6.07, 6.45) is -0.0860. The topological polar surface area (TPSA) is 12.0 Å². The summed E-state index contributed by atoms with van der Waals surface area (Å²) in [7, 11) is 0. The zero-order valence-corrected chi connectivity index (χ0v) is 10.3. The van der Waals surface area contributed by atoms with Crippen LogP contribution in [0.15, 0.2) is 24.3 Å². The molecule has 3 heteroatoms. The Hall–Kier alpha value is -0.960. The minimum Gasteiger partial charge on any atom is -0.315 e. The molecule has 17 heavy (non-hydrogen) atoms. The van der Waals surface area contributed by atoms with E-state index < -0.39 is 5.92 Å². The molecule has 1 aliphatic rings. The third kappa shape index (κ3) is 2.83. The van der Waals surface area contributed by atoms with E-state index in [4.69, 9.17) is 0 Å². The maximum atomic E-state index is 13.8. The zero-order valence-electron chi connectivity index (χ0n) is 10.3. The summed E-state index contributed by atoms with van der Waals surface area (Å²) < 4.78 is 27.6. The van der Waals surface area contributed by atoms with Gasteiger partial charge in [-0.15, -0.1) is 0 Å². The highest BCUT2D eigenvalue weighted by atomic mass is 19.3. The van der Waals surface area contributed by atoms with Gasteiger partial charge in [0.1, 0.15) is 0 Å². The summed E-state index contributed by atoms with van der Waals surface area (Å²) in [6, 6.07) is 6.84. The van der Waals surface area contributed by atoms with Crippen LogP contribution in [0.1, 0.15) is 37.3 Å². The average Bonchev–Trinajstić information content (AvgIpc) is 2.13. The molecule has 0 unspecified atom stereocenters. The SMILES string of the molecule is CC(C)CC(F)(F)c1ccc(C2CNC2)cc1. The van der Waals surface area contributed by atoms with Crippen LogP contribution in [0.5, 0.6) is 0 Å². The third-order valence-corrected chi connectivity index (χ3v) is 3.25. The first-order chi connectivity index (χ1) is 7.99. The summed E-state index contributed by atoms with van der Waals surface area (Å²) in [5.41, 5.74) is 1.30. The second-order valence-corrected chi connectivity index (χ2v) is 5.28. The van der Waals surface area contributed by atoms with Crippen molar-refractivity contribution in [2.45, 2.75) is 32.1 Å². The van der Waals surface area contributed by atoms with Crippen molar-refractivity contribution in [2.75, 3.05) is 13.1 Å². The number of alkyl halides is 2. The van der Waals surface area contributed by atoms with Gasteiger partial charge in [-0.25, -0.2) is 8.78 Å². The van der Waals surface area contributed by atoms with E-state index in [-0.39, 0.29) is 17.9 Å². The Morgan fingerprint density at radius 1 is 1.24 bits per heavy atom. The van der Waals surface area contributed by atoms with Crippen LogP contribution in [0.2, 0.25) is 0 Å². The summed E-state index contributed by atoms with van der Waals surface area (Å²) in [6.45, 7) is 5.56. The molecular formula is C14H19F2N. The maximum Gasteiger partial charge on any atom is 0.273 e. The van der Waals surface area contributed by atoms with Crippen molar-refractivity contribution in [3.8, 4) is 0 Å². The van der Waals surface area contributed by atoms with Gasteiger partial charge in [0.25, 0.3) is 5.92 Å². The molecule has 1 saturated heterocycles. The van der Waals surface area contributed by atoms with Gasteiger partial charge in [0.15, 0.2) is 0 Å². The van der Waals surface area contributed by atoms with Crippen molar-refractivity contribution in [1.29, 1.82) is 0 Å². The second-order valence-electron chi connectivity index (χ2n) is 5.28. The highest BCUT2D eigenvalue weighted by Gasteiger charge is 2.32. The van der Waals surface area contributed by atoms with Gasteiger partial charge < -0.3 is 5.32 Å². The molecule has 1 N–H and O–H groups in total. The van der Waals surface area contributed by atoms with E-state index in [1.165, 1.54) is 0 Å². The smallest absolute Gasteiger partial charge is 0.273 e. The molecular weight excluding hydrogens is 220 g/mol. The number of rotatable bonds is 4. The summed E-state index contributed by atoms with van der Waals surface area (Å²) in [5, 5.41) is 3.18. The normalized spacial score (nSPS) is 17.2. The lowest BCUT2D eigenvalue weighted by atomic mass is 9.91. The Morgan fingerprint density at radius 3 is 2.24 bits per heavy atom. The molecule has 94 valence electrons. The Labute approximate surface area is 101 Å². The fraction of sp³-hybridized carbons (Fsp3) is 0.571. The molecule has 0 atom stereocenters. The first-order valence-corrected chi connectivity index (χ1v) is 6.18. The van der Waals surface area contributed by atoms with Gasteiger partial charge in [0, 0.05) is 31.0 Å². The van der Waals surface area contributed by atoms with Gasteiger partial charge in [0.05, 0.1) is 0 Å². The van der Waals surface area contributed by atoms with Crippen molar-refractivity contribution in [1.82, 2.24) is 5.32 Å². The van der Waals surface area contributed by atoms with E-state index in [0.29, 0.717) is 5.92 Å². The van der Waals surface area contributed by atoms with Crippen molar-refractivity contribution < 1.29 is 8.78 Å². The Bertz CT molecular complexity index is 366. The monoisotopic (exact) mass is 239 g/mol. The van der Waals surface area contributed by atoms with Crippen LogP contribution in [-0.4, -0.2) is 13.1 Å². The Morgan fingerprint density at radius 2 is 1.82 bits per heavy atom. The number of hydrogen-bond acceptors (Lipinski definition) is 1. The van der Waals surface area contributed by atoms with Gasteiger partial charge in [-0.05, 0) is 11.5 Å². The van der Waals surface area contributed by atoms with E-state index in [2.05, 4.69) is 5.32 Å². The van der Waals surface area contributed by atoms with Crippen LogP contribution < -0.4 is 5.32 Å². The van der Waals surface area contributed by atoms with Crippen LogP contribution in [0.3, 0.4) is 0 Å². The van der Waals surface area contributed by atoms with Gasteiger partial charge in [-0.3, -0.25) is 0 Å². The van der Waals surface area contributed by atoms with Crippen molar-refractivity contribution in [3.05, 3.63) is 35.4 Å². The van der Waals surface area contributed by atoms with Crippen LogP contribution in [-0.2, 0) is 5.92 Å². The van der Waals surface area contributed by atoms with Crippen molar-refractivity contribution >= 4 is 0 Å². The van der Waals surface area contributed by atoms with Gasteiger partial charge in [-0.2, -0.15) is 0 Å². The summed E-state index contributed by atoms with van der Waals surface area (Å²) in [5.74, 6) is -2.20. The minimum atomic E-state index is -2.70. The predicted octanol–water partition coefficient (Wildman–Crippen LogP) is 3.51. The molecule has 1 fully saturated rings. The first-order valence-electron chi connectivity index (χ1n) is 6.18. The highest BCUT2D eigenvalue weighted by Crippen LogP contribution is 2.35. The van der Waals surface area contributed by atoms with Crippen LogP contribution >= 0.6 is 0 Å². The van der Waals surface area contributed by atoms with Crippen molar-refractivity contribution in [2.24, 2.45) is 5.92 Å².